The summed E-state index contributed by atoms with van der Waals surface area (Å²) in [6.45, 7) is 4.17. The van der Waals surface area contributed by atoms with Crippen LogP contribution in [0.2, 0.25) is 0 Å². The molecule has 1 amide bonds. The summed E-state index contributed by atoms with van der Waals surface area (Å²) >= 11 is 0. The van der Waals surface area contributed by atoms with Crippen molar-refractivity contribution in [3.8, 4) is 0 Å². The van der Waals surface area contributed by atoms with Crippen LogP contribution in [0.25, 0.3) is 0 Å². The van der Waals surface area contributed by atoms with Gasteiger partial charge in [0.2, 0.25) is 0 Å². The van der Waals surface area contributed by atoms with Gasteiger partial charge < -0.3 is 10.6 Å². The molecule has 1 aromatic rings. The average Bonchev–Trinajstić information content (AvgIpc) is 2.64. The molecule has 0 saturated carbocycles. The Balaban J connectivity index is 2.23. The Morgan fingerprint density at radius 2 is 2.12 bits per heavy atom. The molecule has 0 spiro atoms. The number of nitrogen functional groups attached to an aromatic ring is 1. The van der Waals surface area contributed by atoms with E-state index in [9.17, 15) is 4.79 Å². The number of carbonyl (C=O) groups excluding carboxylic acids is 1. The SMILES string of the molecule is CC1CCCC(C)N1C(=O)c1cn[nH]c1N. The lowest BCUT2D eigenvalue weighted by molar-refractivity contribution is 0.0512. The van der Waals surface area contributed by atoms with E-state index in [1.54, 1.807) is 0 Å². The number of piperidine rings is 1. The summed E-state index contributed by atoms with van der Waals surface area (Å²) in [7, 11) is 0. The molecule has 0 aromatic carbocycles. The number of nitrogens with one attached hydrogen (secondary N) is 1. The van der Waals surface area contributed by atoms with E-state index >= 15 is 0 Å². The second-order valence-corrected chi connectivity index (χ2v) is 4.54. The van der Waals surface area contributed by atoms with Crippen LogP contribution in [0.5, 0.6) is 0 Å². The molecule has 2 unspecified atom stereocenters. The van der Waals surface area contributed by atoms with Gasteiger partial charge in [-0.3, -0.25) is 9.89 Å². The molecule has 1 saturated heterocycles. The van der Waals surface area contributed by atoms with Crippen LogP contribution in [0.4, 0.5) is 5.82 Å². The molecule has 0 bridgehead atoms. The molecule has 1 aliphatic rings. The summed E-state index contributed by atoms with van der Waals surface area (Å²) in [5.74, 6) is 0.348. The number of H-pyrrole nitrogens is 1. The molecule has 16 heavy (non-hydrogen) atoms. The van der Waals surface area contributed by atoms with Crippen molar-refractivity contribution in [1.29, 1.82) is 0 Å². The van der Waals surface area contributed by atoms with E-state index in [1.807, 2.05) is 4.90 Å². The highest BCUT2D eigenvalue weighted by Crippen LogP contribution is 2.25. The molecule has 88 valence electrons. The van der Waals surface area contributed by atoms with E-state index in [0.29, 0.717) is 11.4 Å². The Hall–Kier alpha value is -1.52. The maximum Gasteiger partial charge on any atom is 0.259 e. The number of rotatable bonds is 1. The van der Waals surface area contributed by atoms with Crippen molar-refractivity contribution < 1.29 is 4.79 Å². The van der Waals surface area contributed by atoms with Crippen LogP contribution in [-0.2, 0) is 0 Å². The summed E-state index contributed by atoms with van der Waals surface area (Å²) < 4.78 is 0. The number of hydrogen-bond donors (Lipinski definition) is 2. The van der Waals surface area contributed by atoms with Crippen LogP contribution in [0, 0.1) is 0 Å². The minimum atomic E-state index is -0.00838. The molecule has 1 fully saturated rings. The fourth-order valence-electron chi connectivity index (χ4n) is 2.43. The molecular weight excluding hydrogens is 204 g/mol. The van der Waals surface area contributed by atoms with Crippen molar-refractivity contribution >= 4 is 11.7 Å². The van der Waals surface area contributed by atoms with Crippen molar-refractivity contribution in [2.45, 2.75) is 45.2 Å². The monoisotopic (exact) mass is 222 g/mol. The summed E-state index contributed by atoms with van der Waals surface area (Å²) in [6, 6.07) is 0.566. The zero-order valence-corrected chi connectivity index (χ0v) is 9.73. The van der Waals surface area contributed by atoms with E-state index in [4.69, 9.17) is 5.73 Å². The first-order valence-electron chi connectivity index (χ1n) is 5.72. The maximum atomic E-state index is 12.3. The second kappa shape index (κ2) is 4.15. The van der Waals surface area contributed by atoms with Crippen molar-refractivity contribution in [2.24, 2.45) is 0 Å². The van der Waals surface area contributed by atoms with Crippen molar-refractivity contribution in [1.82, 2.24) is 15.1 Å². The van der Waals surface area contributed by atoms with Crippen LogP contribution in [0.15, 0.2) is 6.20 Å². The zero-order valence-electron chi connectivity index (χ0n) is 9.73. The number of likely N-dealkylation sites (tertiary alicyclic amines) is 1. The standard InChI is InChI=1S/C11H18N4O/c1-7-4-3-5-8(2)15(7)11(16)9-6-13-14-10(9)12/h6-8H,3-5H2,1-2H3,(H3,12,13,14). The highest BCUT2D eigenvalue weighted by Gasteiger charge is 2.30. The van der Waals surface area contributed by atoms with Gasteiger partial charge in [-0.05, 0) is 33.1 Å². The van der Waals surface area contributed by atoms with E-state index in [2.05, 4.69) is 24.0 Å². The third-order valence-corrected chi connectivity index (χ3v) is 3.33. The van der Waals surface area contributed by atoms with Gasteiger partial charge in [0.25, 0.3) is 5.91 Å². The number of carbonyl (C=O) groups is 1. The molecular formula is C11H18N4O. The van der Waals surface area contributed by atoms with Crippen LogP contribution in [0.3, 0.4) is 0 Å². The minimum Gasteiger partial charge on any atom is -0.383 e. The molecule has 5 heteroatoms. The summed E-state index contributed by atoms with van der Waals surface area (Å²) in [6.07, 6.45) is 4.82. The maximum absolute atomic E-state index is 12.3. The normalized spacial score (nSPS) is 25.8. The number of nitrogens with two attached hydrogens (primary N) is 1. The van der Waals surface area contributed by atoms with E-state index < -0.39 is 0 Å². The van der Waals surface area contributed by atoms with Crippen molar-refractivity contribution in [3.63, 3.8) is 0 Å². The first-order valence-corrected chi connectivity index (χ1v) is 5.72. The highest BCUT2D eigenvalue weighted by molar-refractivity contribution is 5.98. The van der Waals surface area contributed by atoms with Gasteiger partial charge in [-0.15, -0.1) is 0 Å². The van der Waals surface area contributed by atoms with Gasteiger partial charge in [0.1, 0.15) is 11.4 Å². The Kier molecular flexibility index (Phi) is 2.85. The number of anilines is 1. The molecule has 2 atom stereocenters. The topological polar surface area (TPSA) is 75.0 Å². The largest absolute Gasteiger partial charge is 0.383 e. The van der Waals surface area contributed by atoms with Gasteiger partial charge in [-0.1, -0.05) is 0 Å². The third kappa shape index (κ3) is 1.77. The summed E-state index contributed by atoms with van der Waals surface area (Å²) in [5, 5.41) is 6.39. The lowest BCUT2D eigenvalue weighted by Gasteiger charge is -2.38. The first kappa shape index (κ1) is 11.0. The van der Waals surface area contributed by atoms with Crippen LogP contribution < -0.4 is 5.73 Å². The van der Waals surface area contributed by atoms with Gasteiger partial charge in [0, 0.05) is 12.1 Å². The van der Waals surface area contributed by atoms with Crippen molar-refractivity contribution in [3.05, 3.63) is 11.8 Å². The molecule has 2 heterocycles. The lowest BCUT2D eigenvalue weighted by atomic mass is 9.97. The van der Waals surface area contributed by atoms with Gasteiger partial charge in [-0.25, -0.2) is 0 Å². The lowest BCUT2D eigenvalue weighted by Crippen LogP contribution is -2.47. The number of hydrogen-bond acceptors (Lipinski definition) is 3. The zero-order chi connectivity index (χ0) is 11.7. The van der Waals surface area contributed by atoms with Crippen LogP contribution in [0.1, 0.15) is 43.5 Å². The Labute approximate surface area is 95.0 Å². The van der Waals surface area contributed by atoms with Crippen molar-refractivity contribution in [2.75, 3.05) is 5.73 Å². The molecule has 1 aliphatic heterocycles. The fourth-order valence-corrected chi connectivity index (χ4v) is 2.43. The molecule has 0 aliphatic carbocycles. The molecule has 2 rings (SSSR count). The third-order valence-electron chi connectivity index (χ3n) is 3.33. The molecule has 3 N–H and O–H groups in total. The van der Waals surface area contributed by atoms with Gasteiger partial charge in [0.05, 0.1) is 6.20 Å². The molecule has 5 nitrogen and oxygen atoms in total. The number of aromatic amines is 1. The fraction of sp³-hybridized carbons (Fsp3) is 0.636. The predicted octanol–water partition coefficient (Wildman–Crippen LogP) is 1.39. The van der Waals surface area contributed by atoms with Gasteiger partial charge in [0.15, 0.2) is 0 Å². The Morgan fingerprint density at radius 3 is 2.62 bits per heavy atom. The first-order chi connectivity index (χ1) is 7.61. The number of nitrogens with zero attached hydrogens (tertiary/aromatic N) is 2. The number of aromatic nitrogens is 2. The van der Waals surface area contributed by atoms with Crippen LogP contribution >= 0.6 is 0 Å². The molecule has 1 aromatic heterocycles. The summed E-state index contributed by atoms with van der Waals surface area (Å²) in [4.78, 5) is 14.2. The average molecular weight is 222 g/mol. The Bertz CT molecular complexity index is 377. The summed E-state index contributed by atoms with van der Waals surface area (Å²) in [5.41, 5.74) is 6.16. The van der Waals surface area contributed by atoms with E-state index in [0.717, 1.165) is 12.8 Å². The van der Waals surface area contributed by atoms with Gasteiger partial charge in [-0.2, -0.15) is 5.10 Å². The number of amides is 1. The highest BCUT2D eigenvalue weighted by atomic mass is 16.2. The van der Waals surface area contributed by atoms with Crippen LogP contribution in [-0.4, -0.2) is 33.1 Å². The van der Waals surface area contributed by atoms with Gasteiger partial charge >= 0.3 is 0 Å². The smallest absolute Gasteiger partial charge is 0.259 e. The molecule has 0 radical (unpaired) electrons. The van der Waals surface area contributed by atoms with E-state index in [-0.39, 0.29) is 18.0 Å². The quantitative estimate of drug-likeness (QED) is 0.754. The Morgan fingerprint density at radius 1 is 1.50 bits per heavy atom. The minimum absolute atomic E-state index is 0.00838. The second-order valence-electron chi connectivity index (χ2n) is 4.54. The van der Waals surface area contributed by atoms with E-state index in [1.165, 1.54) is 12.6 Å². The predicted molar refractivity (Wildman–Crippen MR) is 61.9 cm³/mol.